The Kier molecular flexibility index (Phi) is 4.19. The van der Waals surface area contributed by atoms with Crippen LogP contribution in [0.1, 0.15) is 26.0 Å². The molecule has 0 bridgehead atoms. The summed E-state index contributed by atoms with van der Waals surface area (Å²) in [6, 6.07) is 5.97. The lowest BCUT2D eigenvalue weighted by Gasteiger charge is -2.22. The number of nitrogens with zero attached hydrogens (tertiary/aromatic N) is 2. The minimum atomic E-state index is 0.275. The summed E-state index contributed by atoms with van der Waals surface area (Å²) in [5.41, 5.74) is 7.17. The van der Waals surface area contributed by atoms with E-state index in [0.717, 1.165) is 37.8 Å². The molecule has 1 fully saturated rings. The summed E-state index contributed by atoms with van der Waals surface area (Å²) in [7, 11) is 0. The minimum Gasteiger partial charge on any atom is -0.478 e. The standard InChI is InChI=1S/C14H23N3O/c1-3-18-13-6-4-5-12(16-13)9-17-8-7-14(2,10-15)11-17/h4-6H,3,7-11,15H2,1-2H3. The van der Waals surface area contributed by atoms with E-state index in [1.165, 1.54) is 6.42 Å². The molecule has 1 aromatic heterocycles. The average Bonchev–Trinajstić information content (AvgIpc) is 2.73. The molecule has 1 saturated heterocycles. The van der Waals surface area contributed by atoms with Crippen LogP contribution in [0.2, 0.25) is 0 Å². The van der Waals surface area contributed by atoms with Crippen molar-refractivity contribution in [3.8, 4) is 5.88 Å². The van der Waals surface area contributed by atoms with E-state index in [9.17, 15) is 0 Å². The van der Waals surface area contributed by atoms with Gasteiger partial charge in [-0.05, 0) is 37.9 Å². The molecule has 1 aromatic rings. The number of likely N-dealkylation sites (tertiary alicyclic amines) is 1. The zero-order chi connectivity index (χ0) is 13.0. The maximum atomic E-state index is 5.83. The molecule has 0 aliphatic carbocycles. The van der Waals surface area contributed by atoms with Gasteiger partial charge >= 0.3 is 0 Å². The molecule has 1 aliphatic rings. The van der Waals surface area contributed by atoms with Crippen LogP contribution in [0, 0.1) is 5.41 Å². The van der Waals surface area contributed by atoms with E-state index >= 15 is 0 Å². The number of pyridine rings is 1. The van der Waals surface area contributed by atoms with Gasteiger partial charge in [0.05, 0.1) is 12.3 Å². The van der Waals surface area contributed by atoms with Gasteiger partial charge in [0, 0.05) is 19.2 Å². The van der Waals surface area contributed by atoms with E-state index in [0.29, 0.717) is 6.61 Å². The summed E-state index contributed by atoms with van der Waals surface area (Å²) in [5.74, 6) is 0.718. The second-order valence-corrected chi connectivity index (χ2v) is 5.38. The van der Waals surface area contributed by atoms with Crippen LogP contribution < -0.4 is 10.5 Å². The first-order valence-electron chi connectivity index (χ1n) is 6.66. The van der Waals surface area contributed by atoms with E-state index in [-0.39, 0.29) is 5.41 Å². The Bertz CT molecular complexity index is 396. The van der Waals surface area contributed by atoms with Crippen molar-refractivity contribution in [2.24, 2.45) is 11.1 Å². The second-order valence-electron chi connectivity index (χ2n) is 5.38. The lowest BCUT2D eigenvalue weighted by Crippen LogP contribution is -2.31. The maximum absolute atomic E-state index is 5.83. The van der Waals surface area contributed by atoms with Crippen LogP contribution in [0.4, 0.5) is 0 Å². The largest absolute Gasteiger partial charge is 0.478 e. The van der Waals surface area contributed by atoms with Crippen molar-refractivity contribution in [2.45, 2.75) is 26.8 Å². The molecule has 1 atom stereocenters. The first-order valence-corrected chi connectivity index (χ1v) is 6.66. The van der Waals surface area contributed by atoms with Crippen molar-refractivity contribution in [2.75, 3.05) is 26.2 Å². The molecule has 2 N–H and O–H groups in total. The summed E-state index contributed by atoms with van der Waals surface area (Å²) < 4.78 is 5.42. The zero-order valence-corrected chi connectivity index (χ0v) is 11.4. The second kappa shape index (κ2) is 5.67. The third-order valence-corrected chi connectivity index (χ3v) is 3.59. The highest BCUT2D eigenvalue weighted by molar-refractivity contribution is 5.16. The highest BCUT2D eigenvalue weighted by atomic mass is 16.5. The normalized spacial score (nSPS) is 24.4. The number of hydrogen-bond acceptors (Lipinski definition) is 4. The Morgan fingerprint density at radius 3 is 3.00 bits per heavy atom. The molecule has 100 valence electrons. The van der Waals surface area contributed by atoms with Gasteiger partial charge < -0.3 is 10.5 Å². The average molecular weight is 249 g/mol. The zero-order valence-electron chi connectivity index (χ0n) is 11.4. The van der Waals surface area contributed by atoms with Crippen LogP contribution in [-0.2, 0) is 6.54 Å². The molecule has 2 rings (SSSR count). The molecule has 0 amide bonds. The molecule has 0 radical (unpaired) electrons. The fourth-order valence-electron chi connectivity index (χ4n) is 2.43. The molecule has 4 nitrogen and oxygen atoms in total. The van der Waals surface area contributed by atoms with Gasteiger partial charge in [0.15, 0.2) is 0 Å². The third kappa shape index (κ3) is 3.21. The van der Waals surface area contributed by atoms with Gasteiger partial charge in [-0.25, -0.2) is 4.98 Å². The van der Waals surface area contributed by atoms with Crippen molar-refractivity contribution in [1.29, 1.82) is 0 Å². The van der Waals surface area contributed by atoms with E-state index in [2.05, 4.69) is 22.9 Å². The van der Waals surface area contributed by atoms with E-state index in [1.54, 1.807) is 0 Å². The summed E-state index contributed by atoms with van der Waals surface area (Å²) in [6.07, 6.45) is 1.18. The monoisotopic (exact) mass is 249 g/mol. The number of rotatable bonds is 5. The van der Waals surface area contributed by atoms with Gasteiger partial charge in [0.2, 0.25) is 5.88 Å². The van der Waals surface area contributed by atoms with E-state index < -0.39 is 0 Å². The molecular formula is C14H23N3O. The number of nitrogens with two attached hydrogens (primary N) is 1. The molecule has 0 spiro atoms. The fourth-order valence-corrected chi connectivity index (χ4v) is 2.43. The van der Waals surface area contributed by atoms with Crippen LogP contribution in [0.15, 0.2) is 18.2 Å². The first-order chi connectivity index (χ1) is 8.65. The Morgan fingerprint density at radius 1 is 1.50 bits per heavy atom. The minimum absolute atomic E-state index is 0.275. The summed E-state index contributed by atoms with van der Waals surface area (Å²) in [5, 5.41) is 0. The van der Waals surface area contributed by atoms with Crippen LogP contribution >= 0.6 is 0 Å². The quantitative estimate of drug-likeness (QED) is 0.862. The Morgan fingerprint density at radius 2 is 2.33 bits per heavy atom. The van der Waals surface area contributed by atoms with Gasteiger partial charge in [-0.1, -0.05) is 13.0 Å². The molecule has 0 aromatic carbocycles. The van der Waals surface area contributed by atoms with Crippen molar-refractivity contribution in [1.82, 2.24) is 9.88 Å². The summed E-state index contributed by atoms with van der Waals surface area (Å²) in [4.78, 5) is 6.93. The Balaban J connectivity index is 1.96. The predicted octanol–water partition coefficient (Wildman–Crippen LogP) is 1.65. The number of ether oxygens (including phenoxy) is 1. The van der Waals surface area contributed by atoms with Crippen molar-refractivity contribution in [3.63, 3.8) is 0 Å². The summed E-state index contributed by atoms with van der Waals surface area (Å²) >= 11 is 0. The Labute approximate surface area is 109 Å². The van der Waals surface area contributed by atoms with Crippen LogP contribution in [0.25, 0.3) is 0 Å². The van der Waals surface area contributed by atoms with Gasteiger partial charge in [-0.3, -0.25) is 4.90 Å². The molecular weight excluding hydrogens is 226 g/mol. The van der Waals surface area contributed by atoms with Crippen molar-refractivity contribution in [3.05, 3.63) is 23.9 Å². The molecule has 18 heavy (non-hydrogen) atoms. The molecule has 1 unspecified atom stereocenters. The molecule has 2 heterocycles. The summed E-state index contributed by atoms with van der Waals surface area (Å²) in [6.45, 7) is 8.70. The highest BCUT2D eigenvalue weighted by Crippen LogP contribution is 2.29. The lowest BCUT2D eigenvalue weighted by molar-refractivity contribution is 0.269. The molecule has 0 saturated carbocycles. The van der Waals surface area contributed by atoms with Crippen molar-refractivity contribution >= 4 is 0 Å². The van der Waals surface area contributed by atoms with Crippen LogP contribution in [-0.4, -0.2) is 36.1 Å². The first kappa shape index (κ1) is 13.3. The number of hydrogen-bond donors (Lipinski definition) is 1. The van der Waals surface area contributed by atoms with E-state index in [4.69, 9.17) is 10.5 Å². The predicted molar refractivity (Wildman–Crippen MR) is 72.5 cm³/mol. The van der Waals surface area contributed by atoms with Gasteiger partial charge in [0.25, 0.3) is 0 Å². The van der Waals surface area contributed by atoms with E-state index in [1.807, 2.05) is 19.1 Å². The highest BCUT2D eigenvalue weighted by Gasteiger charge is 2.32. The van der Waals surface area contributed by atoms with Gasteiger partial charge in [0.1, 0.15) is 0 Å². The fraction of sp³-hybridized carbons (Fsp3) is 0.643. The smallest absolute Gasteiger partial charge is 0.213 e. The van der Waals surface area contributed by atoms with Crippen molar-refractivity contribution < 1.29 is 4.74 Å². The maximum Gasteiger partial charge on any atom is 0.213 e. The third-order valence-electron chi connectivity index (χ3n) is 3.59. The topological polar surface area (TPSA) is 51.4 Å². The Hall–Kier alpha value is -1.13. The van der Waals surface area contributed by atoms with Gasteiger partial charge in [-0.2, -0.15) is 0 Å². The van der Waals surface area contributed by atoms with Crippen LogP contribution in [0.5, 0.6) is 5.88 Å². The number of aromatic nitrogens is 1. The lowest BCUT2D eigenvalue weighted by atomic mass is 9.90. The SMILES string of the molecule is CCOc1cccc(CN2CCC(C)(CN)C2)n1. The van der Waals surface area contributed by atoms with Crippen LogP contribution in [0.3, 0.4) is 0 Å². The van der Waals surface area contributed by atoms with Gasteiger partial charge in [-0.15, -0.1) is 0 Å². The molecule has 4 heteroatoms. The molecule has 1 aliphatic heterocycles.